The summed E-state index contributed by atoms with van der Waals surface area (Å²) in [7, 11) is 0. The molecule has 3 aromatic rings. The van der Waals surface area contributed by atoms with Gasteiger partial charge in [-0.2, -0.15) is 0 Å². The van der Waals surface area contributed by atoms with Crippen LogP contribution in [0.2, 0.25) is 0 Å². The first-order valence-corrected chi connectivity index (χ1v) is 7.87. The molecule has 0 amide bonds. The maximum Gasteiger partial charge on any atom is 0.165 e. The maximum atomic E-state index is 4.63. The maximum absolute atomic E-state index is 4.63. The first-order chi connectivity index (χ1) is 10.5. The molecule has 0 bridgehead atoms. The molecule has 1 aliphatic carbocycles. The number of nitrogens with one attached hydrogen (secondary N) is 1. The summed E-state index contributed by atoms with van der Waals surface area (Å²) in [5.74, 6) is 0.697. The molecular weight excluding hydrogens is 512 g/mol. The van der Waals surface area contributed by atoms with Gasteiger partial charge in [-0.1, -0.05) is 46.2 Å². The van der Waals surface area contributed by atoms with E-state index in [1.165, 1.54) is 24.0 Å². The van der Waals surface area contributed by atoms with E-state index in [4.69, 9.17) is 0 Å². The van der Waals surface area contributed by atoms with E-state index in [0.717, 1.165) is 29.7 Å². The molecule has 23 heavy (non-hydrogen) atoms. The third-order valence-electron chi connectivity index (χ3n) is 4.29. The van der Waals surface area contributed by atoms with Gasteiger partial charge in [0.25, 0.3) is 0 Å². The summed E-state index contributed by atoms with van der Waals surface area (Å²) in [4.78, 5) is 12.4. The first-order valence-electron chi connectivity index (χ1n) is 7.87. The van der Waals surface area contributed by atoms with Crippen molar-refractivity contribution in [1.82, 2.24) is 24.7 Å². The number of aryl methyl sites for hydroxylation is 2. The molecule has 1 aliphatic rings. The van der Waals surface area contributed by atoms with Crippen LogP contribution in [-0.4, -0.2) is 24.7 Å². The van der Waals surface area contributed by atoms with Crippen molar-refractivity contribution >= 4 is 11.2 Å². The number of fused-ring (bicyclic) bond motifs is 2. The Morgan fingerprint density at radius 1 is 1.22 bits per heavy atom. The van der Waals surface area contributed by atoms with Crippen LogP contribution in [0, 0.1) is 37.3 Å². The fourth-order valence-electron chi connectivity index (χ4n) is 2.89. The van der Waals surface area contributed by atoms with Crippen LogP contribution >= 0.6 is 0 Å². The Bertz CT molecular complexity index is 817. The third kappa shape index (κ3) is 3.12. The van der Waals surface area contributed by atoms with Gasteiger partial charge in [0.05, 0.1) is 5.52 Å². The molecule has 3 aromatic heterocycles. The second kappa shape index (κ2) is 6.07. The zero-order chi connectivity index (χ0) is 15.3. The molecule has 1 N–H and O–H groups in total. The molecule has 0 saturated heterocycles. The third-order valence-corrected chi connectivity index (χ3v) is 4.29. The van der Waals surface area contributed by atoms with Gasteiger partial charge in [-0.15, -0.1) is 5.56 Å². The average Bonchev–Trinajstić information content (AvgIpc) is 3.08. The zero-order valence-corrected chi connectivity index (χ0v) is 17.9. The van der Waals surface area contributed by atoms with Gasteiger partial charge < -0.3 is 9.67 Å². The summed E-state index contributed by atoms with van der Waals surface area (Å²) in [6, 6.07) is 2.13. The minimum absolute atomic E-state index is 0. The summed E-state index contributed by atoms with van der Waals surface area (Å²) in [5, 5.41) is 4.63. The first kappa shape index (κ1) is 16.7. The van der Waals surface area contributed by atoms with Crippen molar-refractivity contribution in [1.29, 1.82) is 0 Å². The Kier molecular flexibility index (Phi) is 4.41. The monoisotopic (exact) mass is 532 g/mol. The number of aromatic nitrogens is 5. The molecule has 118 valence electrons. The number of pyridine rings is 1. The topological polar surface area (TPSA) is 59.4 Å². The molecular formula is C17H20N5U-. The summed E-state index contributed by atoms with van der Waals surface area (Å²) in [5.41, 5.74) is 5.34. The van der Waals surface area contributed by atoms with Crippen molar-refractivity contribution < 1.29 is 31.1 Å². The smallest absolute Gasteiger partial charge is 0.165 e. The molecule has 3 heterocycles. The van der Waals surface area contributed by atoms with Gasteiger partial charge in [-0.25, -0.2) is 4.98 Å². The second-order valence-corrected chi connectivity index (χ2v) is 7.06. The largest absolute Gasteiger partial charge is 0.374 e. The summed E-state index contributed by atoms with van der Waals surface area (Å²) >= 11 is 0. The SMILES string of the molecule is CC(C)(C)c1cnc2nc(-n3[c-]c4c(n3)CCCC4)[nH]c2c1.[U]. The summed E-state index contributed by atoms with van der Waals surface area (Å²) in [6.07, 6.45) is 9.81. The Balaban J connectivity index is 0.00000156. The van der Waals surface area contributed by atoms with Crippen LogP contribution < -0.4 is 0 Å². The van der Waals surface area contributed by atoms with Crippen LogP contribution in [0.1, 0.15) is 50.4 Å². The predicted molar refractivity (Wildman–Crippen MR) is 85.2 cm³/mol. The van der Waals surface area contributed by atoms with Gasteiger partial charge in [0.1, 0.15) is 5.95 Å². The number of aromatic amines is 1. The summed E-state index contributed by atoms with van der Waals surface area (Å²) < 4.78 is 1.74. The molecule has 4 rings (SSSR count). The van der Waals surface area contributed by atoms with E-state index < -0.39 is 0 Å². The summed E-state index contributed by atoms with van der Waals surface area (Å²) in [6.45, 7) is 6.55. The van der Waals surface area contributed by atoms with Gasteiger partial charge in [0.15, 0.2) is 5.65 Å². The molecule has 0 atom stereocenters. The Morgan fingerprint density at radius 2 is 2.00 bits per heavy atom. The second-order valence-electron chi connectivity index (χ2n) is 7.06. The normalized spacial score (nSPS) is 14.6. The van der Waals surface area contributed by atoms with E-state index in [1.54, 1.807) is 4.68 Å². The minimum Gasteiger partial charge on any atom is -0.374 e. The van der Waals surface area contributed by atoms with E-state index in [2.05, 4.69) is 53.1 Å². The van der Waals surface area contributed by atoms with E-state index in [1.807, 2.05) is 6.20 Å². The molecule has 5 nitrogen and oxygen atoms in total. The van der Waals surface area contributed by atoms with E-state index in [-0.39, 0.29) is 36.5 Å². The van der Waals surface area contributed by atoms with E-state index in [0.29, 0.717) is 5.95 Å². The standard InChI is InChI=1S/C17H20N5.U/c1-17(2,3)12-8-14-15(18-9-12)20-16(19-14)22-10-11-6-4-5-7-13(11)21-22;/h8-9H,4-7H2,1-3H3,(H,18,19,20);/q-1;. The van der Waals surface area contributed by atoms with Crippen LogP contribution in [-0.2, 0) is 18.3 Å². The number of H-pyrrole nitrogens is 1. The van der Waals surface area contributed by atoms with Gasteiger partial charge in [0, 0.05) is 37.3 Å². The Morgan fingerprint density at radius 3 is 2.74 bits per heavy atom. The van der Waals surface area contributed by atoms with Crippen molar-refractivity contribution in [3.8, 4) is 5.95 Å². The minimum atomic E-state index is 0. The van der Waals surface area contributed by atoms with Gasteiger partial charge in [0.2, 0.25) is 0 Å². The molecule has 0 unspecified atom stereocenters. The number of hydrogen-bond acceptors (Lipinski definition) is 3. The Hall–Kier alpha value is -1.12. The van der Waals surface area contributed by atoms with Crippen molar-refractivity contribution in [3.63, 3.8) is 0 Å². The van der Waals surface area contributed by atoms with Crippen molar-refractivity contribution in [2.75, 3.05) is 0 Å². The number of imidazole rings is 1. The van der Waals surface area contributed by atoms with Gasteiger partial charge in [-0.3, -0.25) is 10.1 Å². The molecule has 0 saturated carbocycles. The van der Waals surface area contributed by atoms with E-state index >= 15 is 0 Å². The van der Waals surface area contributed by atoms with Crippen LogP contribution in [0.15, 0.2) is 12.3 Å². The van der Waals surface area contributed by atoms with Crippen LogP contribution in [0.25, 0.3) is 17.1 Å². The number of hydrogen-bond donors (Lipinski definition) is 1. The molecule has 0 aliphatic heterocycles. The zero-order valence-electron chi connectivity index (χ0n) is 13.8. The fraction of sp³-hybridized carbons (Fsp3) is 0.471. The van der Waals surface area contributed by atoms with Crippen molar-refractivity contribution in [2.24, 2.45) is 0 Å². The average molecular weight is 532 g/mol. The van der Waals surface area contributed by atoms with Crippen molar-refractivity contribution in [2.45, 2.75) is 51.9 Å². The van der Waals surface area contributed by atoms with Crippen molar-refractivity contribution in [3.05, 3.63) is 35.3 Å². The number of nitrogens with zero attached hydrogens (tertiary/aromatic N) is 4. The molecule has 0 radical (unpaired) electrons. The van der Waals surface area contributed by atoms with E-state index in [9.17, 15) is 0 Å². The number of rotatable bonds is 1. The quantitative estimate of drug-likeness (QED) is 0.491. The molecule has 0 aromatic carbocycles. The Labute approximate surface area is 159 Å². The van der Waals surface area contributed by atoms with Gasteiger partial charge >= 0.3 is 0 Å². The van der Waals surface area contributed by atoms with Crippen LogP contribution in [0.3, 0.4) is 0 Å². The van der Waals surface area contributed by atoms with Crippen LogP contribution in [0.5, 0.6) is 0 Å². The molecule has 0 fully saturated rings. The van der Waals surface area contributed by atoms with Gasteiger partial charge in [-0.05, 0) is 29.2 Å². The van der Waals surface area contributed by atoms with Crippen LogP contribution in [0.4, 0.5) is 0 Å². The predicted octanol–water partition coefficient (Wildman–Crippen LogP) is 3.12. The molecule has 0 spiro atoms. The molecule has 6 heteroatoms. The fourth-order valence-corrected chi connectivity index (χ4v) is 2.89.